The Balaban J connectivity index is 2.38. The van der Waals surface area contributed by atoms with Crippen molar-refractivity contribution in [2.24, 2.45) is 0 Å². The minimum atomic E-state index is -0.986. The highest BCUT2D eigenvalue weighted by Gasteiger charge is 2.10. The van der Waals surface area contributed by atoms with Gasteiger partial charge in [-0.25, -0.2) is 4.79 Å². The summed E-state index contributed by atoms with van der Waals surface area (Å²) in [5.74, 6) is -0.272. The van der Waals surface area contributed by atoms with Gasteiger partial charge in [-0.05, 0) is 55.3 Å². The highest BCUT2D eigenvalue weighted by Crippen LogP contribution is 2.22. The predicted molar refractivity (Wildman–Crippen MR) is 88.6 cm³/mol. The van der Waals surface area contributed by atoms with E-state index < -0.39 is 5.97 Å². The van der Waals surface area contributed by atoms with Gasteiger partial charge in [-0.3, -0.25) is 0 Å². The number of nitrogens with two attached hydrogens (primary N) is 1. The standard InChI is InChI=1S/C18H19NO3/c1-12(2)22-16-5-3-4-13(10-16)11-17(18(20)21)14-6-8-15(19)9-7-14/h3-12H,19H2,1-2H3,(H,20,21)/b17-11-. The molecule has 2 aromatic rings. The van der Waals surface area contributed by atoms with Gasteiger partial charge in [0.15, 0.2) is 0 Å². The molecule has 114 valence electrons. The lowest BCUT2D eigenvalue weighted by Crippen LogP contribution is -2.05. The number of anilines is 1. The van der Waals surface area contributed by atoms with Crippen molar-refractivity contribution in [1.29, 1.82) is 0 Å². The van der Waals surface area contributed by atoms with Crippen LogP contribution >= 0.6 is 0 Å². The van der Waals surface area contributed by atoms with E-state index in [0.29, 0.717) is 17.0 Å². The van der Waals surface area contributed by atoms with Crippen LogP contribution in [0.5, 0.6) is 5.75 Å². The molecule has 0 aliphatic heterocycles. The van der Waals surface area contributed by atoms with Crippen LogP contribution in [0, 0.1) is 0 Å². The zero-order chi connectivity index (χ0) is 16.1. The van der Waals surface area contributed by atoms with Crippen molar-refractivity contribution in [3.8, 4) is 5.75 Å². The minimum Gasteiger partial charge on any atom is -0.491 e. The lowest BCUT2D eigenvalue weighted by Gasteiger charge is -2.10. The van der Waals surface area contributed by atoms with E-state index in [0.717, 1.165) is 5.56 Å². The van der Waals surface area contributed by atoms with Crippen molar-refractivity contribution < 1.29 is 14.6 Å². The first-order valence-corrected chi connectivity index (χ1v) is 7.03. The molecule has 2 rings (SSSR count). The lowest BCUT2D eigenvalue weighted by molar-refractivity contribution is -0.130. The maximum atomic E-state index is 11.5. The largest absolute Gasteiger partial charge is 0.491 e. The molecule has 0 unspecified atom stereocenters. The summed E-state index contributed by atoms with van der Waals surface area (Å²) in [6.45, 7) is 3.89. The first-order valence-electron chi connectivity index (χ1n) is 7.03. The van der Waals surface area contributed by atoms with Crippen LogP contribution in [0.4, 0.5) is 5.69 Å². The fourth-order valence-corrected chi connectivity index (χ4v) is 2.05. The summed E-state index contributed by atoms with van der Waals surface area (Å²) in [7, 11) is 0. The lowest BCUT2D eigenvalue weighted by atomic mass is 10.0. The SMILES string of the molecule is CC(C)Oc1cccc(/C=C(\C(=O)O)c2ccc(N)cc2)c1. The van der Waals surface area contributed by atoms with Crippen LogP contribution in [0.25, 0.3) is 11.6 Å². The maximum absolute atomic E-state index is 11.5. The molecule has 3 N–H and O–H groups in total. The number of carbonyl (C=O) groups is 1. The summed E-state index contributed by atoms with van der Waals surface area (Å²) in [6.07, 6.45) is 1.69. The Morgan fingerprint density at radius 2 is 1.86 bits per heavy atom. The molecule has 22 heavy (non-hydrogen) atoms. The van der Waals surface area contributed by atoms with Gasteiger partial charge in [-0.2, -0.15) is 0 Å². The molecule has 0 fully saturated rings. The molecule has 4 heteroatoms. The Hall–Kier alpha value is -2.75. The van der Waals surface area contributed by atoms with E-state index >= 15 is 0 Å². The molecular weight excluding hydrogens is 278 g/mol. The summed E-state index contributed by atoms with van der Waals surface area (Å²) < 4.78 is 5.63. The average molecular weight is 297 g/mol. The summed E-state index contributed by atoms with van der Waals surface area (Å²) in [5.41, 5.74) is 7.83. The van der Waals surface area contributed by atoms with Gasteiger partial charge in [0.25, 0.3) is 0 Å². The Kier molecular flexibility index (Phi) is 4.84. The Labute approximate surface area is 129 Å². The van der Waals surface area contributed by atoms with Crippen molar-refractivity contribution in [1.82, 2.24) is 0 Å². The van der Waals surface area contributed by atoms with Crippen LogP contribution in [0.15, 0.2) is 48.5 Å². The minimum absolute atomic E-state index is 0.0651. The molecule has 0 aliphatic rings. The number of aliphatic carboxylic acids is 1. The highest BCUT2D eigenvalue weighted by atomic mass is 16.5. The highest BCUT2D eigenvalue weighted by molar-refractivity contribution is 6.20. The fourth-order valence-electron chi connectivity index (χ4n) is 2.05. The van der Waals surface area contributed by atoms with Crippen molar-refractivity contribution in [3.05, 3.63) is 59.7 Å². The molecule has 0 saturated carbocycles. The van der Waals surface area contributed by atoms with Crippen LogP contribution in [-0.2, 0) is 4.79 Å². The van der Waals surface area contributed by atoms with Crippen LogP contribution in [-0.4, -0.2) is 17.2 Å². The van der Waals surface area contributed by atoms with Gasteiger partial charge in [-0.15, -0.1) is 0 Å². The first kappa shape index (κ1) is 15.6. The van der Waals surface area contributed by atoms with E-state index in [2.05, 4.69) is 0 Å². The van der Waals surface area contributed by atoms with Gasteiger partial charge in [0, 0.05) is 5.69 Å². The Morgan fingerprint density at radius 1 is 1.18 bits per heavy atom. The topological polar surface area (TPSA) is 72.5 Å². The van der Waals surface area contributed by atoms with Gasteiger partial charge in [0.05, 0.1) is 11.7 Å². The van der Waals surface area contributed by atoms with E-state index in [4.69, 9.17) is 10.5 Å². The number of nitrogen functional groups attached to an aromatic ring is 1. The number of rotatable bonds is 5. The van der Waals surface area contributed by atoms with E-state index in [1.54, 1.807) is 30.3 Å². The van der Waals surface area contributed by atoms with Crippen LogP contribution in [0.3, 0.4) is 0 Å². The molecule has 0 spiro atoms. The third-order valence-electron chi connectivity index (χ3n) is 2.99. The summed E-state index contributed by atoms with van der Waals surface area (Å²) in [5, 5.41) is 9.44. The van der Waals surface area contributed by atoms with Gasteiger partial charge in [0.1, 0.15) is 5.75 Å². The zero-order valence-electron chi connectivity index (χ0n) is 12.6. The van der Waals surface area contributed by atoms with Gasteiger partial charge < -0.3 is 15.6 Å². The Bertz CT molecular complexity index is 688. The third-order valence-corrected chi connectivity index (χ3v) is 2.99. The van der Waals surface area contributed by atoms with Gasteiger partial charge in [-0.1, -0.05) is 24.3 Å². The van der Waals surface area contributed by atoms with Crippen molar-refractivity contribution in [2.75, 3.05) is 5.73 Å². The number of hydrogen-bond donors (Lipinski definition) is 2. The van der Waals surface area contributed by atoms with Crippen molar-refractivity contribution in [2.45, 2.75) is 20.0 Å². The first-order chi connectivity index (χ1) is 10.5. The van der Waals surface area contributed by atoms with E-state index in [1.165, 1.54) is 0 Å². The quantitative estimate of drug-likeness (QED) is 0.501. The number of ether oxygens (including phenoxy) is 1. The van der Waals surface area contributed by atoms with Crippen LogP contribution in [0.2, 0.25) is 0 Å². The average Bonchev–Trinajstić information content (AvgIpc) is 2.45. The number of carboxylic acid groups (broad SMARTS) is 1. The molecule has 2 aromatic carbocycles. The second-order valence-corrected chi connectivity index (χ2v) is 5.22. The molecule has 0 radical (unpaired) electrons. The smallest absolute Gasteiger partial charge is 0.336 e. The molecule has 0 heterocycles. The maximum Gasteiger partial charge on any atom is 0.336 e. The number of benzene rings is 2. The third kappa shape index (κ3) is 4.12. The van der Waals surface area contributed by atoms with Gasteiger partial charge >= 0.3 is 5.97 Å². The van der Waals surface area contributed by atoms with E-state index in [-0.39, 0.29) is 11.7 Å². The molecule has 0 aromatic heterocycles. The molecule has 4 nitrogen and oxygen atoms in total. The van der Waals surface area contributed by atoms with Crippen LogP contribution < -0.4 is 10.5 Å². The molecular formula is C18H19NO3. The zero-order valence-corrected chi connectivity index (χ0v) is 12.6. The normalized spacial score (nSPS) is 11.5. The number of hydrogen-bond acceptors (Lipinski definition) is 3. The monoisotopic (exact) mass is 297 g/mol. The van der Waals surface area contributed by atoms with E-state index in [9.17, 15) is 9.90 Å². The molecule has 0 aliphatic carbocycles. The second-order valence-electron chi connectivity index (χ2n) is 5.22. The number of carboxylic acids is 1. The molecule has 0 saturated heterocycles. The summed E-state index contributed by atoms with van der Waals surface area (Å²) in [6, 6.07) is 14.1. The second kappa shape index (κ2) is 6.80. The molecule has 0 bridgehead atoms. The predicted octanol–water partition coefficient (Wildman–Crippen LogP) is 3.68. The molecule has 0 amide bonds. The fraction of sp³-hybridized carbons (Fsp3) is 0.167. The Morgan fingerprint density at radius 3 is 2.45 bits per heavy atom. The molecule has 0 atom stereocenters. The van der Waals surface area contributed by atoms with Crippen molar-refractivity contribution >= 4 is 23.3 Å². The summed E-state index contributed by atoms with van der Waals surface area (Å²) >= 11 is 0. The van der Waals surface area contributed by atoms with Crippen LogP contribution in [0.1, 0.15) is 25.0 Å². The summed E-state index contributed by atoms with van der Waals surface area (Å²) in [4.78, 5) is 11.5. The van der Waals surface area contributed by atoms with Crippen molar-refractivity contribution in [3.63, 3.8) is 0 Å². The van der Waals surface area contributed by atoms with E-state index in [1.807, 2.05) is 38.1 Å². The van der Waals surface area contributed by atoms with Gasteiger partial charge in [0.2, 0.25) is 0 Å².